The van der Waals surface area contributed by atoms with Gasteiger partial charge in [-0.1, -0.05) is 133 Å². The summed E-state index contributed by atoms with van der Waals surface area (Å²) in [6.45, 7) is 0. The van der Waals surface area contributed by atoms with Gasteiger partial charge in [0.1, 0.15) is 16.7 Å². The van der Waals surface area contributed by atoms with Gasteiger partial charge in [-0.05, 0) is 101 Å². The predicted octanol–water partition coefficient (Wildman–Crippen LogP) is 13.9. The van der Waals surface area contributed by atoms with E-state index in [-0.39, 0.29) is 0 Å². The van der Waals surface area contributed by atoms with E-state index in [9.17, 15) is 0 Å². The van der Waals surface area contributed by atoms with Crippen LogP contribution in [0.1, 0.15) is 0 Å². The minimum absolute atomic E-state index is 0.855. The molecule has 11 rings (SSSR count). The molecule has 2 heterocycles. The van der Waals surface area contributed by atoms with Crippen molar-refractivity contribution in [3.63, 3.8) is 0 Å². The molecule has 0 aliphatic heterocycles. The Labute approximate surface area is 287 Å². The predicted molar refractivity (Wildman–Crippen MR) is 210 cm³/mol. The van der Waals surface area contributed by atoms with Crippen molar-refractivity contribution in [3.8, 4) is 33.4 Å². The lowest BCUT2D eigenvalue weighted by Crippen LogP contribution is -1.91. The number of furan rings is 2. The van der Waals surface area contributed by atoms with Gasteiger partial charge in [-0.3, -0.25) is 0 Å². The summed E-state index contributed by atoms with van der Waals surface area (Å²) in [4.78, 5) is 0. The quantitative estimate of drug-likeness (QED) is 0.180. The molecule has 0 spiro atoms. The maximum atomic E-state index is 6.68. The van der Waals surface area contributed by atoms with E-state index in [4.69, 9.17) is 8.83 Å². The summed E-state index contributed by atoms with van der Waals surface area (Å²) in [5.74, 6) is 0. The fourth-order valence-corrected chi connectivity index (χ4v) is 8.21. The number of fused-ring (bicyclic) bond motifs is 8. The van der Waals surface area contributed by atoms with E-state index in [1.54, 1.807) is 0 Å². The van der Waals surface area contributed by atoms with Gasteiger partial charge in [0, 0.05) is 21.7 Å². The average Bonchev–Trinajstić information content (AvgIpc) is 3.75. The van der Waals surface area contributed by atoms with Crippen molar-refractivity contribution < 1.29 is 8.83 Å². The Morgan fingerprint density at radius 1 is 0.300 bits per heavy atom. The van der Waals surface area contributed by atoms with Gasteiger partial charge in [-0.2, -0.15) is 0 Å². The second-order valence-corrected chi connectivity index (χ2v) is 13.2. The van der Waals surface area contributed by atoms with Gasteiger partial charge in [-0.15, -0.1) is 0 Å². The second kappa shape index (κ2) is 10.4. The first-order valence-electron chi connectivity index (χ1n) is 17.1. The van der Waals surface area contributed by atoms with E-state index in [0.717, 1.165) is 49.6 Å². The van der Waals surface area contributed by atoms with Crippen molar-refractivity contribution in [2.75, 3.05) is 0 Å². The highest BCUT2D eigenvalue weighted by molar-refractivity contribution is 6.24. The molecule has 0 atom stereocenters. The van der Waals surface area contributed by atoms with Crippen LogP contribution in [0.25, 0.3) is 109 Å². The third kappa shape index (κ3) is 3.96. The molecule has 2 aromatic heterocycles. The van der Waals surface area contributed by atoms with Gasteiger partial charge in [-0.25, -0.2) is 0 Å². The third-order valence-corrected chi connectivity index (χ3v) is 10.5. The van der Waals surface area contributed by atoms with Crippen LogP contribution in [0.5, 0.6) is 0 Å². The average molecular weight is 637 g/mol. The molecule has 2 heteroatoms. The van der Waals surface area contributed by atoms with Crippen LogP contribution in [0, 0.1) is 0 Å². The molecule has 0 N–H and O–H groups in total. The van der Waals surface area contributed by atoms with Crippen molar-refractivity contribution in [1.82, 2.24) is 0 Å². The summed E-state index contributed by atoms with van der Waals surface area (Å²) in [7, 11) is 0. The maximum Gasteiger partial charge on any atom is 0.136 e. The molecule has 9 aromatic carbocycles. The van der Waals surface area contributed by atoms with Crippen molar-refractivity contribution in [1.29, 1.82) is 0 Å². The minimum Gasteiger partial charge on any atom is -0.464 e. The summed E-state index contributed by atoms with van der Waals surface area (Å²) in [5.41, 5.74) is 9.65. The third-order valence-electron chi connectivity index (χ3n) is 10.5. The molecule has 0 fully saturated rings. The van der Waals surface area contributed by atoms with Gasteiger partial charge in [0.2, 0.25) is 0 Å². The first kappa shape index (κ1) is 27.3. The minimum atomic E-state index is 0.855. The molecule has 2 nitrogen and oxygen atoms in total. The van der Waals surface area contributed by atoms with Crippen molar-refractivity contribution in [3.05, 3.63) is 170 Å². The normalized spacial score (nSPS) is 12.0. The maximum absolute atomic E-state index is 6.68. The second-order valence-electron chi connectivity index (χ2n) is 13.2. The molecule has 0 amide bonds. The highest BCUT2D eigenvalue weighted by Gasteiger charge is 2.20. The molecule has 0 bridgehead atoms. The summed E-state index contributed by atoms with van der Waals surface area (Å²) in [6, 6.07) is 58.9. The largest absolute Gasteiger partial charge is 0.464 e. The van der Waals surface area contributed by atoms with Crippen LogP contribution in [0.3, 0.4) is 0 Å². The Kier molecular flexibility index (Phi) is 5.70. The Bertz CT molecular complexity index is 3090. The van der Waals surface area contributed by atoms with Crippen LogP contribution in [0.4, 0.5) is 0 Å². The Balaban J connectivity index is 1.12. The van der Waals surface area contributed by atoms with E-state index >= 15 is 0 Å². The van der Waals surface area contributed by atoms with Gasteiger partial charge in [0.15, 0.2) is 0 Å². The highest BCUT2D eigenvalue weighted by Crippen LogP contribution is 2.46. The SMILES string of the molecule is c1ccc2cc(-c3coc4cc5c(cc34)oc3cc(-c4c6ccccc6c(-c6cccc7ccccc67)c6ccccc46)ccc35)ccc2c1. The lowest BCUT2D eigenvalue weighted by Gasteiger charge is -2.18. The van der Waals surface area contributed by atoms with E-state index in [1.807, 2.05) is 6.26 Å². The summed E-state index contributed by atoms with van der Waals surface area (Å²) < 4.78 is 12.8. The highest BCUT2D eigenvalue weighted by atomic mass is 16.3. The zero-order chi connectivity index (χ0) is 32.8. The summed E-state index contributed by atoms with van der Waals surface area (Å²) in [5, 5.41) is 13.1. The van der Waals surface area contributed by atoms with Crippen LogP contribution >= 0.6 is 0 Å². The molecule has 0 unspecified atom stereocenters. The summed E-state index contributed by atoms with van der Waals surface area (Å²) in [6.07, 6.45) is 1.87. The van der Waals surface area contributed by atoms with Crippen LogP contribution < -0.4 is 0 Å². The molecule has 0 aliphatic carbocycles. The van der Waals surface area contributed by atoms with Crippen molar-refractivity contribution in [2.45, 2.75) is 0 Å². The lowest BCUT2D eigenvalue weighted by atomic mass is 9.84. The van der Waals surface area contributed by atoms with E-state index in [2.05, 4.69) is 164 Å². The first-order valence-corrected chi connectivity index (χ1v) is 17.1. The fraction of sp³-hybridized carbons (Fsp3) is 0. The monoisotopic (exact) mass is 636 g/mol. The van der Waals surface area contributed by atoms with E-state index in [1.165, 1.54) is 59.8 Å². The van der Waals surface area contributed by atoms with E-state index < -0.39 is 0 Å². The fourth-order valence-electron chi connectivity index (χ4n) is 8.21. The summed E-state index contributed by atoms with van der Waals surface area (Å²) >= 11 is 0. The van der Waals surface area contributed by atoms with Crippen LogP contribution in [-0.4, -0.2) is 0 Å². The zero-order valence-electron chi connectivity index (χ0n) is 27.0. The number of rotatable bonds is 3. The van der Waals surface area contributed by atoms with Crippen LogP contribution in [0.15, 0.2) is 179 Å². The standard InChI is InChI=1S/C48H28O2/c1-2-12-31-24-32(21-20-29(31)10-1)43-28-49-44-26-41-35-23-22-33(25-45(35)50-46(41)27-42(43)44)47-37-15-5-7-17-39(37)48(40-18-8-6-16-38(40)47)36-19-9-13-30-11-3-4-14-34(30)36/h1-28H. The van der Waals surface area contributed by atoms with E-state index in [0.29, 0.717) is 0 Å². The molecule has 0 saturated heterocycles. The molecule has 50 heavy (non-hydrogen) atoms. The van der Waals surface area contributed by atoms with Gasteiger partial charge in [0.05, 0.1) is 6.26 Å². The van der Waals surface area contributed by atoms with Crippen LogP contribution in [-0.2, 0) is 0 Å². The number of hydrogen-bond donors (Lipinski definition) is 0. The number of benzene rings is 9. The van der Waals surface area contributed by atoms with Crippen molar-refractivity contribution >= 4 is 76.0 Å². The molecular weight excluding hydrogens is 609 g/mol. The zero-order valence-corrected chi connectivity index (χ0v) is 27.0. The molecule has 0 radical (unpaired) electrons. The van der Waals surface area contributed by atoms with Gasteiger partial charge >= 0.3 is 0 Å². The molecule has 11 aromatic rings. The smallest absolute Gasteiger partial charge is 0.136 e. The first-order chi connectivity index (χ1) is 24.8. The van der Waals surface area contributed by atoms with Crippen LogP contribution in [0.2, 0.25) is 0 Å². The Hall–Kier alpha value is -6.64. The number of hydrogen-bond acceptors (Lipinski definition) is 2. The van der Waals surface area contributed by atoms with Gasteiger partial charge in [0.25, 0.3) is 0 Å². The molecule has 0 saturated carbocycles. The molecular formula is C48H28O2. The van der Waals surface area contributed by atoms with Crippen molar-refractivity contribution in [2.24, 2.45) is 0 Å². The molecule has 232 valence electrons. The lowest BCUT2D eigenvalue weighted by molar-refractivity contribution is 0.617. The van der Waals surface area contributed by atoms with Gasteiger partial charge < -0.3 is 8.83 Å². The Morgan fingerprint density at radius 2 is 0.900 bits per heavy atom. The Morgan fingerprint density at radius 3 is 1.68 bits per heavy atom. The molecule has 0 aliphatic rings. The topological polar surface area (TPSA) is 26.3 Å².